The highest BCUT2D eigenvalue weighted by Gasteiger charge is 2.38. The molecule has 0 saturated heterocycles. The van der Waals surface area contributed by atoms with Crippen LogP contribution >= 0.6 is 11.3 Å². The first-order valence-electron chi connectivity index (χ1n) is 5.51. The largest absolute Gasteiger partial charge is 0.468 e. The van der Waals surface area contributed by atoms with Crippen molar-refractivity contribution in [3.63, 3.8) is 0 Å². The number of sulfonamides is 1. The van der Waals surface area contributed by atoms with Gasteiger partial charge in [-0.1, -0.05) is 19.4 Å². The van der Waals surface area contributed by atoms with Crippen LogP contribution in [0.5, 0.6) is 0 Å². The molecule has 1 heterocycles. The fraction of sp³-hybridized carbons (Fsp3) is 0.545. The zero-order valence-corrected chi connectivity index (χ0v) is 12.2. The Morgan fingerprint density at radius 3 is 2.67 bits per heavy atom. The normalized spacial score (nSPS) is 15.1. The predicted molar refractivity (Wildman–Crippen MR) is 70.0 cm³/mol. The molecule has 1 atom stereocenters. The minimum Gasteiger partial charge on any atom is -0.468 e. The second-order valence-corrected chi connectivity index (χ2v) is 6.97. The maximum Gasteiger partial charge on any atom is 0.326 e. The van der Waals surface area contributed by atoms with Crippen LogP contribution in [-0.4, -0.2) is 27.0 Å². The van der Waals surface area contributed by atoms with Crippen molar-refractivity contribution in [3.8, 4) is 0 Å². The summed E-state index contributed by atoms with van der Waals surface area (Å²) in [7, 11) is -2.44. The number of ether oxygens (including phenoxy) is 1. The Hall–Kier alpha value is -0.920. The van der Waals surface area contributed by atoms with E-state index in [-0.39, 0.29) is 4.21 Å². The lowest BCUT2D eigenvalue weighted by Gasteiger charge is -2.26. The van der Waals surface area contributed by atoms with Crippen LogP contribution in [0.15, 0.2) is 21.7 Å². The van der Waals surface area contributed by atoms with Gasteiger partial charge in [0.2, 0.25) is 0 Å². The first kappa shape index (κ1) is 15.1. The van der Waals surface area contributed by atoms with Crippen LogP contribution in [0.4, 0.5) is 0 Å². The lowest BCUT2D eigenvalue weighted by atomic mass is 9.98. The van der Waals surface area contributed by atoms with Gasteiger partial charge < -0.3 is 4.74 Å². The van der Waals surface area contributed by atoms with Crippen molar-refractivity contribution < 1.29 is 17.9 Å². The van der Waals surface area contributed by atoms with Crippen LogP contribution in [0.1, 0.15) is 26.7 Å². The molecule has 7 heteroatoms. The average molecular weight is 291 g/mol. The molecule has 0 amide bonds. The van der Waals surface area contributed by atoms with Crippen LogP contribution in [0.25, 0.3) is 0 Å². The summed E-state index contributed by atoms with van der Waals surface area (Å²) in [6.45, 7) is 3.41. The minimum atomic E-state index is -3.68. The van der Waals surface area contributed by atoms with E-state index in [4.69, 9.17) is 0 Å². The van der Waals surface area contributed by atoms with Gasteiger partial charge in [0, 0.05) is 0 Å². The molecule has 1 aromatic rings. The smallest absolute Gasteiger partial charge is 0.326 e. The number of hydrogen-bond acceptors (Lipinski definition) is 5. The molecule has 0 aliphatic rings. The predicted octanol–water partition coefficient (Wildman–Crippen LogP) is 1.76. The molecule has 102 valence electrons. The van der Waals surface area contributed by atoms with E-state index in [0.29, 0.717) is 12.8 Å². The van der Waals surface area contributed by atoms with Crippen LogP contribution in [0.2, 0.25) is 0 Å². The minimum absolute atomic E-state index is 0.189. The van der Waals surface area contributed by atoms with Gasteiger partial charge >= 0.3 is 5.97 Å². The number of esters is 1. The Morgan fingerprint density at radius 2 is 2.22 bits per heavy atom. The van der Waals surface area contributed by atoms with E-state index in [0.717, 1.165) is 11.3 Å². The summed E-state index contributed by atoms with van der Waals surface area (Å²) in [4.78, 5) is 11.7. The fourth-order valence-electron chi connectivity index (χ4n) is 1.68. The number of methoxy groups -OCH3 is 1. The van der Waals surface area contributed by atoms with Gasteiger partial charge in [0.25, 0.3) is 10.0 Å². The number of carbonyl (C=O) groups excluding carboxylic acids is 1. The highest BCUT2D eigenvalue weighted by Crippen LogP contribution is 2.21. The van der Waals surface area contributed by atoms with Gasteiger partial charge in [-0.25, -0.2) is 8.42 Å². The van der Waals surface area contributed by atoms with Crippen LogP contribution in [-0.2, 0) is 19.6 Å². The van der Waals surface area contributed by atoms with E-state index in [1.165, 1.54) is 20.1 Å². The number of hydrogen-bond donors (Lipinski definition) is 1. The maximum atomic E-state index is 12.1. The van der Waals surface area contributed by atoms with Crippen LogP contribution in [0.3, 0.4) is 0 Å². The molecule has 0 unspecified atom stereocenters. The summed E-state index contributed by atoms with van der Waals surface area (Å²) in [5.74, 6) is -0.579. The second-order valence-electron chi connectivity index (χ2n) is 4.11. The molecule has 1 N–H and O–H groups in total. The van der Waals surface area contributed by atoms with Crippen molar-refractivity contribution in [2.24, 2.45) is 0 Å². The third-order valence-corrected chi connectivity index (χ3v) is 5.50. The van der Waals surface area contributed by atoms with Gasteiger partial charge in [-0.15, -0.1) is 11.3 Å². The zero-order chi connectivity index (χ0) is 13.8. The van der Waals surface area contributed by atoms with Gasteiger partial charge in [0.1, 0.15) is 9.75 Å². The standard InChI is InChI=1S/C11H17NO4S2/c1-4-7-11(2,10(13)16-3)12-18(14,15)9-6-5-8-17-9/h5-6,8,12H,4,7H2,1-3H3/t11-/m1/s1. The van der Waals surface area contributed by atoms with Gasteiger partial charge in [0.05, 0.1) is 7.11 Å². The van der Waals surface area contributed by atoms with Crippen molar-refractivity contribution in [1.82, 2.24) is 4.72 Å². The molecule has 0 aliphatic carbocycles. The topological polar surface area (TPSA) is 72.5 Å². The molecule has 1 aromatic heterocycles. The van der Waals surface area contributed by atoms with E-state index in [2.05, 4.69) is 9.46 Å². The SMILES string of the molecule is CCC[C@@](C)(NS(=O)(=O)c1cccs1)C(=O)OC. The molecular weight excluding hydrogens is 274 g/mol. The molecule has 18 heavy (non-hydrogen) atoms. The molecule has 0 aromatic carbocycles. The molecule has 0 spiro atoms. The van der Waals surface area contributed by atoms with Crippen molar-refractivity contribution in [1.29, 1.82) is 0 Å². The van der Waals surface area contributed by atoms with Crippen molar-refractivity contribution in [2.75, 3.05) is 7.11 Å². The lowest BCUT2D eigenvalue weighted by molar-refractivity contribution is -0.147. The number of nitrogens with one attached hydrogen (secondary N) is 1. The molecule has 0 fully saturated rings. The van der Waals surface area contributed by atoms with Crippen molar-refractivity contribution in [3.05, 3.63) is 17.5 Å². The molecule has 0 aliphatic heterocycles. The Morgan fingerprint density at radius 1 is 1.56 bits per heavy atom. The Balaban J connectivity index is 3.01. The monoisotopic (exact) mass is 291 g/mol. The number of thiophene rings is 1. The fourth-order valence-corrected chi connectivity index (χ4v) is 4.07. The number of carbonyl (C=O) groups is 1. The molecule has 0 radical (unpaired) electrons. The first-order chi connectivity index (χ1) is 8.35. The maximum absolute atomic E-state index is 12.1. The average Bonchev–Trinajstić information content (AvgIpc) is 2.81. The molecule has 5 nitrogen and oxygen atoms in total. The quantitative estimate of drug-likeness (QED) is 0.811. The lowest BCUT2D eigenvalue weighted by Crippen LogP contribution is -2.52. The molecule has 0 bridgehead atoms. The van der Waals surface area contributed by atoms with Crippen molar-refractivity contribution in [2.45, 2.75) is 36.4 Å². The van der Waals surface area contributed by atoms with E-state index in [9.17, 15) is 13.2 Å². The summed E-state index contributed by atoms with van der Waals surface area (Å²) in [6, 6.07) is 3.14. The van der Waals surface area contributed by atoms with Crippen molar-refractivity contribution >= 4 is 27.3 Å². The molecule has 1 rings (SSSR count). The summed E-state index contributed by atoms with van der Waals surface area (Å²) >= 11 is 1.11. The van der Waals surface area contributed by atoms with Gasteiger partial charge in [-0.3, -0.25) is 4.79 Å². The number of rotatable bonds is 6. The van der Waals surface area contributed by atoms with Crippen LogP contribution in [0, 0.1) is 0 Å². The molecular formula is C11H17NO4S2. The van der Waals surface area contributed by atoms with Gasteiger partial charge in [0.15, 0.2) is 0 Å². The summed E-state index contributed by atoms with van der Waals surface area (Å²) in [5, 5.41) is 1.67. The van der Waals surface area contributed by atoms with Gasteiger partial charge in [-0.05, 0) is 24.8 Å². The highest BCUT2D eigenvalue weighted by molar-refractivity contribution is 7.91. The second kappa shape index (κ2) is 5.81. The highest BCUT2D eigenvalue weighted by atomic mass is 32.2. The zero-order valence-electron chi connectivity index (χ0n) is 10.6. The van der Waals surface area contributed by atoms with Gasteiger partial charge in [-0.2, -0.15) is 4.72 Å². The summed E-state index contributed by atoms with van der Waals surface area (Å²) in [6.07, 6.45) is 1.04. The third kappa shape index (κ3) is 3.30. The summed E-state index contributed by atoms with van der Waals surface area (Å²) in [5.41, 5.74) is -1.23. The first-order valence-corrected chi connectivity index (χ1v) is 7.88. The Kier molecular flexibility index (Phi) is 4.89. The van der Waals surface area contributed by atoms with E-state index in [1.807, 2.05) is 6.92 Å². The Labute approximate surface area is 111 Å². The molecule has 0 saturated carbocycles. The van der Waals surface area contributed by atoms with E-state index in [1.54, 1.807) is 11.4 Å². The summed E-state index contributed by atoms with van der Waals surface area (Å²) < 4.78 is 31.5. The van der Waals surface area contributed by atoms with Crippen LogP contribution < -0.4 is 4.72 Å². The Bertz CT molecular complexity index is 495. The van der Waals surface area contributed by atoms with E-state index >= 15 is 0 Å². The van der Waals surface area contributed by atoms with E-state index < -0.39 is 21.5 Å². The third-order valence-electron chi connectivity index (χ3n) is 2.51.